The lowest BCUT2D eigenvalue weighted by molar-refractivity contribution is -0.115. The Kier molecular flexibility index (Phi) is 4.65. The summed E-state index contributed by atoms with van der Waals surface area (Å²) in [4.78, 5) is 11.6. The average molecular weight is 256 g/mol. The predicted octanol–water partition coefficient (Wildman–Crippen LogP) is 0.638. The quantitative estimate of drug-likeness (QED) is 0.810. The number of amides is 1. The zero-order valence-corrected chi connectivity index (χ0v) is 10.7. The van der Waals surface area contributed by atoms with Crippen LogP contribution in [0.4, 0.5) is 5.69 Å². The second-order valence-electron chi connectivity index (χ2n) is 3.60. The summed E-state index contributed by atoms with van der Waals surface area (Å²) in [6.45, 7) is 2.73. The summed E-state index contributed by atoms with van der Waals surface area (Å²) in [5.41, 5.74) is 0.318. The lowest BCUT2D eigenvalue weighted by Gasteiger charge is -2.09. The van der Waals surface area contributed by atoms with E-state index in [2.05, 4.69) is 10.6 Å². The Morgan fingerprint density at radius 3 is 2.53 bits per heavy atom. The first-order valence-electron chi connectivity index (χ1n) is 5.24. The number of benzene rings is 1. The molecule has 1 amide bonds. The number of para-hydroxylation sites is 1. The van der Waals surface area contributed by atoms with Crippen molar-refractivity contribution in [2.45, 2.75) is 11.8 Å². The van der Waals surface area contributed by atoms with Gasteiger partial charge in [0.1, 0.15) is 0 Å². The fourth-order valence-corrected chi connectivity index (χ4v) is 2.17. The molecule has 0 heterocycles. The van der Waals surface area contributed by atoms with Crippen LogP contribution < -0.4 is 10.6 Å². The Morgan fingerprint density at radius 1 is 1.29 bits per heavy atom. The summed E-state index contributed by atoms with van der Waals surface area (Å²) >= 11 is 0. The van der Waals surface area contributed by atoms with Crippen LogP contribution >= 0.6 is 0 Å². The normalized spacial score (nSPS) is 11.2. The van der Waals surface area contributed by atoms with Crippen molar-refractivity contribution in [3.8, 4) is 0 Å². The van der Waals surface area contributed by atoms with E-state index < -0.39 is 9.84 Å². The molecule has 1 aromatic carbocycles. The van der Waals surface area contributed by atoms with E-state index >= 15 is 0 Å². The molecule has 0 aliphatic rings. The minimum Gasteiger partial charge on any atom is -0.324 e. The Balaban J connectivity index is 2.88. The van der Waals surface area contributed by atoms with Gasteiger partial charge in [-0.3, -0.25) is 4.79 Å². The second-order valence-corrected chi connectivity index (χ2v) is 5.58. The van der Waals surface area contributed by atoms with Crippen LogP contribution in [-0.2, 0) is 14.6 Å². The van der Waals surface area contributed by atoms with Gasteiger partial charge in [-0.05, 0) is 18.7 Å². The maximum absolute atomic E-state index is 11.5. The van der Waals surface area contributed by atoms with Gasteiger partial charge in [-0.2, -0.15) is 0 Å². The minimum absolute atomic E-state index is 0.129. The van der Waals surface area contributed by atoms with Crippen LogP contribution in [0, 0.1) is 0 Å². The van der Waals surface area contributed by atoms with Crippen molar-refractivity contribution in [1.29, 1.82) is 0 Å². The summed E-state index contributed by atoms with van der Waals surface area (Å²) < 4.78 is 23.0. The smallest absolute Gasteiger partial charge is 0.238 e. The molecule has 0 atom stereocenters. The minimum atomic E-state index is -3.33. The van der Waals surface area contributed by atoms with Crippen LogP contribution in [0.2, 0.25) is 0 Å². The monoisotopic (exact) mass is 256 g/mol. The van der Waals surface area contributed by atoms with Crippen LogP contribution in [0.15, 0.2) is 29.2 Å². The van der Waals surface area contributed by atoms with E-state index in [1.165, 1.54) is 6.07 Å². The molecule has 0 spiro atoms. The molecule has 0 aliphatic heterocycles. The van der Waals surface area contributed by atoms with Gasteiger partial charge in [-0.1, -0.05) is 19.1 Å². The molecule has 2 N–H and O–H groups in total. The number of carbonyl (C=O) groups is 1. The summed E-state index contributed by atoms with van der Waals surface area (Å²) in [5.74, 6) is -0.261. The van der Waals surface area contributed by atoms with Crippen molar-refractivity contribution in [3.63, 3.8) is 0 Å². The fraction of sp³-hybridized carbons (Fsp3) is 0.364. The molecular weight excluding hydrogens is 240 g/mol. The van der Waals surface area contributed by atoms with Crippen molar-refractivity contribution < 1.29 is 13.2 Å². The molecule has 5 nitrogen and oxygen atoms in total. The van der Waals surface area contributed by atoms with Crippen LogP contribution in [0.3, 0.4) is 0 Å². The van der Waals surface area contributed by atoms with Gasteiger partial charge in [-0.25, -0.2) is 8.42 Å². The average Bonchev–Trinajstić information content (AvgIpc) is 2.25. The van der Waals surface area contributed by atoms with Crippen molar-refractivity contribution in [2.75, 3.05) is 24.7 Å². The van der Waals surface area contributed by atoms with Crippen molar-refractivity contribution in [1.82, 2.24) is 5.32 Å². The molecular formula is C11H16N2O3S. The SMILES string of the molecule is CCNCC(=O)Nc1ccccc1S(C)(=O)=O. The number of likely N-dealkylation sites (N-methyl/N-ethyl adjacent to an activating group) is 1. The highest BCUT2D eigenvalue weighted by atomic mass is 32.2. The standard InChI is InChI=1S/C11H16N2O3S/c1-3-12-8-11(14)13-9-6-4-5-7-10(9)17(2,15)16/h4-7,12H,3,8H2,1-2H3,(H,13,14). The first kappa shape index (κ1) is 13.7. The van der Waals surface area contributed by atoms with Gasteiger partial charge in [0, 0.05) is 6.26 Å². The number of hydrogen-bond donors (Lipinski definition) is 2. The Morgan fingerprint density at radius 2 is 1.94 bits per heavy atom. The molecule has 0 saturated heterocycles. The van der Waals surface area contributed by atoms with Gasteiger partial charge < -0.3 is 10.6 Å². The third kappa shape index (κ3) is 4.16. The largest absolute Gasteiger partial charge is 0.324 e. The van der Waals surface area contributed by atoms with Gasteiger partial charge in [0.25, 0.3) is 0 Å². The number of nitrogens with one attached hydrogen (secondary N) is 2. The molecule has 0 unspecified atom stereocenters. The van der Waals surface area contributed by atoms with Crippen LogP contribution in [0.1, 0.15) is 6.92 Å². The highest BCUT2D eigenvalue weighted by molar-refractivity contribution is 7.90. The molecule has 0 saturated carbocycles. The molecule has 0 fully saturated rings. The molecule has 0 aliphatic carbocycles. The Bertz CT molecular complexity index is 497. The fourth-order valence-electron chi connectivity index (χ4n) is 1.33. The van der Waals surface area contributed by atoms with Crippen molar-refractivity contribution in [2.24, 2.45) is 0 Å². The molecule has 1 rings (SSSR count). The topological polar surface area (TPSA) is 75.3 Å². The van der Waals surface area contributed by atoms with E-state index in [-0.39, 0.29) is 17.3 Å². The van der Waals surface area contributed by atoms with E-state index in [1.54, 1.807) is 18.2 Å². The van der Waals surface area contributed by atoms with Crippen LogP contribution in [-0.4, -0.2) is 33.7 Å². The highest BCUT2D eigenvalue weighted by Crippen LogP contribution is 2.20. The Hall–Kier alpha value is -1.40. The van der Waals surface area contributed by atoms with Crippen molar-refractivity contribution in [3.05, 3.63) is 24.3 Å². The number of sulfone groups is 1. The lowest BCUT2D eigenvalue weighted by Crippen LogP contribution is -2.28. The Labute approximate surface area is 101 Å². The maximum atomic E-state index is 11.5. The summed E-state index contributed by atoms with van der Waals surface area (Å²) in [6.07, 6.45) is 1.11. The van der Waals surface area contributed by atoms with Crippen LogP contribution in [0.25, 0.3) is 0 Å². The first-order chi connectivity index (χ1) is 7.95. The van der Waals surface area contributed by atoms with Gasteiger partial charge in [0.2, 0.25) is 5.91 Å². The van der Waals surface area contributed by atoms with E-state index in [0.717, 1.165) is 6.26 Å². The molecule has 94 valence electrons. The van der Waals surface area contributed by atoms with E-state index in [0.29, 0.717) is 12.2 Å². The molecule has 0 aromatic heterocycles. The highest BCUT2D eigenvalue weighted by Gasteiger charge is 2.13. The first-order valence-corrected chi connectivity index (χ1v) is 7.14. The molecule has 0 radical (unpaired) electrons. The van der Waals surface area contributed by atoms with Gasteiger partial charge in [0.15, 0.2) is 9.84 Å². The van der Waals surface area contributed by atoms with Crippen molar-refractivity contribution >= 4 is 21.4 Å². The third-order valence-corrected chi connectivity index (χ3v) is 3.25. The zero-order chi connectivity index (χ0) is 12.9. The number of carbonyl (C=O) groups excluding carboxylic acids is 1. The second kappa shape index (κ2) is 5.79. The molecule has 0 bridgehead atoms. The zero-order valence-electron chi connectivity index (χ0n) is 9.86. The van der Waals surface area contributed by atoms with E-state index in [9.17, 15) is 13.2 Å². The third-order valence-electron chi connectivity index (χ3n) is 2.10. The molecule has 17 heavy (non-hydrogen) atoms. The lowest BCUT2D eigenvalue weighted by atomic mass is 10.3. The van der Waals surface area contributed by atoms with Gasteiger partial charge in [-0.15, -0.1) is 0 Å². The van der Waals surface area contributed by atoms with Gasteiger partial charge in [0.05, 0.1) is 17.1 Å². The molecule has 6 heteroatoms. The number of hydrogen-bond acceptors (Lipinski definition) is 4. The van der Waals surface area contributed by atoms with E-state index in [4.69, 9.17) is 0 Å². The summed E-state index contributed by atoms with van der Waals surface area (Å²) in [5, 5.41) is 5.44. The number of rotatable bonds is 5. The van der Waals surface area contributed by atoms with E-state index in [1.807, 2.05) is 6.92 Å². The number of anilines is 1. The maximum Gasteiger partial charge on any atom is 0.238 e. The van der Waals surface area contributed by atoms with Crippen LogP contribution in [0.5, 0.6) is 0 Å². The predicted molar refractivity (Wildman–Crippen MR) is 66.7 cm³/mol. The molecule has 1 aromatic rings. The van der Waals surface area contributed by atoms with Gasteiger partial charge >= 0.3 is 0 Å². The summed E-state index contributed by atoms with van der Waals surface area (Å²) in [6, 6.07) is 6.34. The summed E-state index contributed by atoms with van der Waals surface area (Å²) in [7, 11) is -3.33.